The molecule has 0 atom stereocenters. The molecule has 240 valence electrons. The van der Waals surface area contributed by atoms with Crippen LogP contribution >= 0.6 is 22.9 Å². The molecule has 0 aliphatic rings. The monoisotopic (exact) mass is 681 g/mol. The number of nitrogens with zero attached hydrogens (tertiary/aromatic N) is 2. The van der Waals surface area contributed by atoms with E-state index in [0.29, 0.717) is 22.5 Å². The molecule has 0 saturated heterocycles. The molecule has 0 aliphatic heterocycles. The molecule has 1 aromatic carbocycles. The highest BCUT2D eigenvalue weighted by atomic mass is 35.5. The van der Waals surface area contributed by atoms with Crippen LogP contribution in [0, 0.1) is 0 Å². The number of rotatable bonds is 12. The summed E-state index contributed by atoms with van der Waals surface area (Å²) in [6.07, 6.45) is 2.96. The largest absolute Gasteiger partial charge is 0.411 e. The third-order valence-corrected chi connectivity index (χ3v) is 19.7. The van der Waals surface area contributed by atoms with Crippen molar-refractivity contribution >= 4 is 53.9 Å². The Kier molecular flexibility index (Phi) is 11.1. The van der Waals surface area contributed by atoms with E-state index in [4.69, 9.17) is 21.0 Å². The van der Waals surface area contributed by atoms with Crippen LogP contribution in [0.25, 0.3) is 11.1 Å². The van der Waals surface area contributed by atoms with Gasteiger partial charge in [-0.3, -0.25) is 0 Å². The van der Waals surface area contributed by atoms with Gasteiger partial charge in [0, 0.05) is 24.1 Å². The summed E-state index contributed by atoms with van der Waals surface area (Å²) < 4.78 is 40.3. The van der Waals surface area contributed by atoms with Gasteiger partial charge in [0.15, 0.2) is 13.5 Å². The van der Waals surface area contributed by atoms with Crippen molar-refractivity contribution in [3.63, 3.8) is 0 Å². The number of unbranched alkanes of at least 4 members (excludes halogenated alkanes) is 1. The first kappa shape index (κ1) is 36.2. The summed E-state index contributed by atoms with van der Waals surface area (Å²) >= 11 is 8.15. The number of hydrogen-bond donors (Lipinski definition) is 1. The zero-order valence-corrected chi connectivity index (χ0v) is 32.6. The van der Waals surface area contributed by atoms with Gasteiger partial charge in [-0.1, -0.05) is 89.6 Å². The molecule has 0 unspecified atom stereocenters. The highest BCUT2D eigenvalue weighted by Gasteiger charge is 2.37. The highest BCUT2D eigenvalue weighted by molar-refractivity contribution is 7.92. The molecule has 2 heterocycles. The molecule has 3 rings (SSSR count). The van der Waals surface area contributed by atoms with Crippen LogP contribution in [0.4, 0.5) is 0 Å². The van der Waals surface area contributed by atoms with Gasteiger partial charge in [-0.05, 0) is 67.0 Å². The van der Waals surface area contributed by atoms with E-state index in [9.17, 15) is 8.42 Å². The third-order valence-electron chi connectivity index (χ3n) is 7.96. The van der Waals surface area contributed by atoms with Crippen LogP contribution in [-0.4, -0.2) is 39.9 Å². The van der Waals surface area contributed by atoms with Gasteiger partial charge in [-0.2, -0.15) is 0 Å². The van der Waals surface area contributed by atoms with E-state index in [2.05, 4.69) is 87.9 Å². The number of hydrogen-bond acceptors (Lipinski definition) is 5. The highest BCUT2D eigenvalue weighted by Crippen LogP contribution is 2.38. The Bertz CT molecular complexity index is 1510. The fraction of sp³-hybridized carbons (Fsp3) is 0.594. The van der Waals surface area contributed by atoms with Gasteiger partial charge in [-0.25, -0.2) is 18.1 Å². The number of nitrogens with one attached hydrogen (secondary N) is 1. The average Bonchev–Trinajstić information content (AvgIpc) is 3.42. The Morgan fingerprint density at radius 1 is 1.02 bits per heavy atom. The second-order valence-electron chi connectivity index (χ2n) is 15.1. The van der Waals surface area contributed by atoms with Crippen LogP contribution in [0.5, 0.6) is 0 Å². The van der Waals surface area contributed by atoms with Crippen LogP contribution in [0.3, 0.4) is 0 Å². The van der Waals surface area contributed by atoms with Gasteiger partial charge in [0.1, 0.15) is 10.0 Å². The molecule has 0 saturated carbocycles. The summed E-state index contributed by atoms with van der Waals surface area (Å²) in [5, 5.41) is 0.608. The normalized spacial score (nSPS) is 13.6. The Morgan fingerprint density at radius 2 is 1.63 bits per heavy atom. The lowest BCUT2D eigenvalue weighted by atomic mass is 10.1. The molecule has 43 heavy (non-hydrogen) atoms. The zero-order chi connectivity index (χ0) is 32.6. The number of imidazole rings is 1. The number of benzene rings is 1. The molecule has 11 heteroatoms. The third kappa shape index (κ3) is 9.14. The molecule has 0 amide bonds. The minimum atomic E-state index is -3.69. The molecule has 2 aromatic heterocycles. The first-order valence-corrected chi connectivity index (χ1v) is 24.3. The van der Waals surface area contributed by atoms with Crippen molar-refractivity contribution in [1.29, 1.82) is 0 Å². The second-order valence-corrected chi connectivity index (χ2v) is 28.6. The van der Waals surface area contributed by atoms with Crippen LogP contribution in [0.15, 0.2) is 34.5 Å². The fourth-order valence-corrected chi connectivity index (χ4v) is 10.8. The van der Waals surface area contributed by atoms with Crippen molar-refractivity contribution in [2.24, 2.45) is 0 Å². The van der Waals surface area contributed by atoms with Crippen molar-refractivity contribution in [2.75, 3.05) is 0 Å². The van der Waals surface area contributed by atoms with Crippen molar-refractivity contribution in [3.8, 4) is 11.1 Å². The standard InChI is InChI=1S/C32H52ClN3O3S2Si2/c1-13-14-15-27-34-29(33)26(22-39-43(11,12)32(5,6)7)36(27)21-23-16-18-24(19-17-23)25-20-28(42(8,9)10)40-30(25)41(37,38)35-31(2,3)4/h16-20,35H,13-15,21-22H2,1-12H3. The van der Waals surface area contributed by atoms with Gasteiger partial charge in [0.25, 0.3) is 10.0 Å². The molecule has 0 fully saturated rings. The minimum Gasteiger partial charge on any atom is -0.411 e. The summed E-state index contributed by atoms with van der Waals surface area (Å²) in [7, 11) is -7.41. The summed E-state index contributed by atoms with van der Waals surface area (Å²) in [5.74, 6) is 0.976. The second kappa shape index (κ2) is 13.2. The SMILES string of the molecule is CCCCc1nc(Cl)c(CO[Si](C)(C)C(C)(C)C)n1Cc1ccc(-c2cc([Si](C)(C)C)sc2S(=O)(=O)NC(C)(C)C)cc1. The van der Waals surface area contributed by atoms with Crippen molar-refractivity contribution in [1.82, 2.24) is 14.3 Å². The van der Waals surface area contributed by atoms with E-state index >= 15 is 0 Å². The first-order valence-electron chi connectivity index (χ1n) is 15.2. The first-order chi connectivity index (χ1) is 19.6. The van der Waals surface area contributed by atoms with Crippen molar-refractivity contribution in [3.05, 3.63) is 52.6 Å². The maximum atomic E-state index is 13.5. The molecule has 0 spiro atoms. The van der Waals surface area contributed by atoms with Gasteiger partial charge >= 0.3 is 0 Å². The Hall–Kier alpha value is -1.28. The molecular weight excluding hydrogens is 630 g/mol. The quantitative estimate of drug-likeness (QED) is 0.194. The minimum absolute atomic E-state index is 0.0942. The van der Waals surface area contributed by atoms with Crippen molar-refractivity contribution in [2.45, 2.75) is 128 Å². The molecule has 1 N–H and O–H groups in total. The number of thiophene rings is 1. The van der Waals surface area contributed by atoms with E-state index in [1.807, 2.05) is 32.9 Å². The maximum absolute atomic E-state index is 13.5. The molecular formula is C32H52ClN3O3S2Si2. The maximum Gasteiger partial charge on any atom is 0.251 e. The van der Waals surface area contributed by atoms with Crippen molar-refractivity contribution < 1.29 is 12.8 Å². The number of halogens is 1. The summed E-state index contributed by atoms with van der Waals surface area (Å²) in [6.45, 7) is 26.8. The van der Waals surface area contributed by atoms with Crippen LogP contribution in [0.1, 0.15) is 78.4 Å². The summed E-state index contributed by atoms with van der Waals surface area (Å²) in [4.78, 5) is 4.76. The van der Waals surface area contributed by atoms with E-state index in [1.165, 1.54) is 15.8 Å². The summed E-state index contributed by atoms with van der Waals surface area (Å²) in [5.41, 5.74) is 3.11. The van der Waals surface area contributed by atoms with Gasteiger partial charge < -0.3 is 8.99 Å². The molecule has 6 nitrogen and oxygen atoms in total. The number of aromatic nitrogens is 2. The van der Waals surface area contributed by atoms with Crippen LogP contribution in [-0.2, 0) is 34.0 Å². The molecule has 0 aliphatic carbocycles. The van der Waals surface area contributed by atoms with E-state index < -0.39 is 32.0 Å². The fourth-order valence-electron chi connectivity index (χ4n) is 4.39. The molecule has 0 bridgehead atoms. The summed E-state index contributed by atoms with van der Waals surface area (Å²) in [6, 6.07) is 10.3. The average molecular weight is 683 g/mol. The van der Waals surface area contributed by atoms with Gasteiger partial charge in [-0.15, -0.1) is 11.3 Å². The van der Waals surface area contributed by atoms with Gasteiger partial charge in [0.05, 0.1) is 20.4 Å². The van der Waals surface area contributed by atoms with Crippen LogP contribution in [0.2, 0.25) is 42.9 Å². The topological polar surface area (TPSA) is 73.2 Å². The molecule has 3 aromatic rings. The lowest BCUT2D eigenvalue weighted by Crippen LogP contribution is -2.40. The van der Waals surface area contributed by atoms with E-state index in [0.717, 1.165) is 47.5 Å². The van der Waals surface area contributed by atoms with E-state index in [-0.39, 0.29) is 5.04 Å². The predicted octanol–water partition coefficient (Wildman–Crippen LogP) is 8.80. The zero-order valence-electron chi connectivity index (χ0n) is 28.2. The lowest BCUT2D eigenvalue weighted by molar-refractivity contribution is 0.267. The van der Waals surface area contributed by atoms with Crippen LogP contribution < -0.4 is 9.22 Å². The van der Waals surface area contributed by atoms with Gasteiger partial charge in [0.2, 0.25) is 0 Å². The Labute approximate surface area is 271 Å². The molecule has 0 radical (unpaired) electrons. The number of aryl methyl sites for hydroxylation is 1. The lowest BCUT2D eigenvalue weighted by Gasteiger charge is -2.36. The Morgan fingerprint density at radius 3 is 2.14 bits per heavy atom. The smallest absolute Gasteiger partial charge is 0.251 e. The predicted molar refractivity (Wildman–Crippen MR) is 190 cm³/mol. The number of sulfonamides is 1. The van der Waals surface area contributed by atoms with E-state index in [1.54, 1.807) is 0 Å². The Balaban J connectivity index is 2.00.